The molecule has 0 bridgehead atoms. The van der Waals surface area contributed by atoms with Gasteiger partial charge in [0.2, 0.25) is 0 Å². The van der Waals surface area contributed by atoms with Gasteiger partial charge in [0, 0.05) is 5.56 Å². The van der Waals surface area contributed by atoms with Crippen LogP contribution in [0.4, 0.5) is 0 Å². The molecular weight excluding hydrogens is 450 g/mol. The summed E-state index contributed by atoms with van der Waals surface area (Å²) < 4.78 is 21.1. The van der Waals surface area contributed by atoms with Gasteiger partial charge in [0.25, 0.3) is 17.5 Å². The van der Waals surface area contributed by atoms with Crippen LogP contribution in [0.1, 0.15) is 29.2 Å². The van der Waals surface area contributed by atoms with Gasteiger partial charge in [-0.05, 0) is 44.0 Å². The monoisotopic (exact) mass is 477 g/mol. The molecule has 0 fully saturated rings. The van der Waals surface area contributed by atoms with E-state index < -0.39 is 5.97 Å². The molecule has 0 aliphatic heterocycles. The van der Waals surface area contributed by atoms with E-state index in [4.69, 9.17) is 23.8 Å². The Morgan fingerprint density at radius 3 is 2.63 bits per heavy atom. The number of benzene rings is 2. The van der Waals surface area contributed by atoms with Gasteiger partial charge in [-0.15, -0.1) is 0 Å². The van der Waals surface area contributed by atoms with Crippen molar-refractivity contribution >= 4 is 11.7 Å². The lowest BCUT2D eigenvalue weighted by Crippen LogP contribution is -2.08. The van der Waals surface area contributed by atoms with Crippen molar-refractivity contribution < 1.29 is 28.6 Å². The van der Waals surface area contributed by atoms with Crippen LogP contribution in [-0.2, 0) is 21.0 Å². The van der Waals surface area contributed by atoms with E-state index in [-0.39, 0.29) is 17.5 Å². The van der Waals surface area contributed by atoms with Gasteiger partial charge >= 0.3 is 5.97 Å². The van der Waals surface area contributed by atoms with Crippen molar-refractivity contribution in [1.82, 2.24) is 9.97 Å². The number of hydrogen-bond donors (Lipinski definition) is 0. The van der Waals surface area contributed by atoms with E-state index in [0.717, 1.165) is 22.8 Å². The molecule has 182 valence electrons. The Morgan fingerprint density at radius 1 is 1.06 bits per heavy atom. The molecule has 0 atom stereocenters. The second kappa shape index (κ2) is 12.2. The lowest BCUT2D eigenvalue weighted by atomic mass is 10.1. The summed E-state index contributed by atoms with van der Waals surface area (Å²) >= 11 is 0. The number of methoxy groups -OCH3 is 2. The molecule has 1 heterocycles. The van der Waals surface area contributed by atoms with Gasteiger partial charge in [-0.25, -0.2) is 4.79 Å². The van der Waals surface area contributed by atoms with Crippen molar-refractivity contribution in [2.45, 2.75) is 27.4 Å². The van der Waals surface area contributed by atoms with Gasteiger partial charge in [-0.2, -0.15) is 9.97 Å². The molecule has 0 unspecified atom stereocenters. The lowest BCUT2D eigenvalue weighted by molar-refractivity contribution is -0.129. The van der Waals surface area contributed by atoms with E-state index in [9.17, 15) is 4.79 Å². The average Bonchev–Trinajstić information content (AvgIpc) is 2.86. The molecule has 3 aromatic rings. The summed E-state index contributed by atoms with van der Waals surface area (Å²) in [5, 5.41) is 4.25. The summed E-state index contributed by atoms with van der Waals surface area (Å²) in [7, 11) is 2.81. The molecule has 0 spiro atoms. The first-order valence-corrected chi connectivity index (χ1v) is 10.7. The third-order valence-electron chi connectivity index (χ3n) is 4.87. The molecule has 0 aliphatic rings. The number of carbonyl (C=O) groups excluding carboxylic acids is 1. The fraction of sp³-hybridized carbons (Fsp3) is 0.231. The summed E-state index contributed by atoms with van der Waals surface area (Å²) in [4.78, 5) is 25.7. The maximum absolute atomic E-state index is 12.0. The first kappa shape index (κ1) is 25.2. The zero-order valence-electron chi connectivity index (χ0n) is 20.3. The predicted molar refractivity (Wildman–Crippen MR) is 130 cm³/mol. The van der Waals surface area contributed by atoms with E-state index in [1.54, 1.807) is 18.2 Å². The number of hydrogen-bond acceptors (Lipinski definition) is 9. The summed E-state index contributed by atoms with van der Waals surface area (Å²) in [6, 6.07) is 13.4. The Morgan fingerprint density at radius 2 is 1.86 bits per heavy atom. The number of nitrogens with zero attached hydrogens (tertiary/aromatic N) is 3. The smallest absolute Gasteiger partial charge is 0.339 e. The fourth-order valence-corrected chi connectivity index (χ4v) is 3.01. The molecule has 1 aromatic heterocycles. The van der Waals surface area contributed by atoms with E-state index in [0.29, 0.717) is 18.1 Å². The Kier molecular flexibility index (Phi) is 8.77. The van der Waals surface area contributed by atoms with Crippen molar-refractivity contribution in [3.63, 3.8) is 0 Å². The third kappa shape index (κ3) is 7.04. The molecule has 0 N–H and O–H groups in total. The van der Waals surface area contributed by atoms with Gasteiger partial charge in [-0.1, -0.05) is 41.1 Å². The van der Waals surface area contributed by atoms with Crippen molar-refractivity contribution in [1.29, 1.82) is 0 Å². The first-order chi connectivity index (χ1) is 16.9. The molecule has 9 nitrogen and oxygen atoms in total. The Balaban J connectivity index is 1.76. The molecule has 0 saturated heterocycles. The Labute approximate surface area is 204 Å². The average molecular weight is 478 g/mol. The van der Waals surface area contributed by atoms with Crippen LogP contribution in [0.3, 0.4) is 0 Å². The number of aryl methyl sites for hydroxylation is 2. The fourth-order valence-electron chi connectivity index (χ4n) is 3.01. The molecule has 2 aromatic carbocycles. The minimum Gasteiger partial charge on any atom is -0.504 e. The largest absolute Gasteiger partial charge is 0.504 e. The number of carbonyl (C=O) groups is 1. The predicted octanol–water partition coefficient (Wildman–Crippen LogP) is 4.90. The van der Waals surface area contributed by atoms with Crippen molar-refractivity contribution in [2.75, 3.05) is 14.2 Å². The van der Waals surface area contributed by atoms with Crippen LogP contribution in [0.15, 0.2) is 66.3 Å². The van der Waals surface area contributed by atoms with E-state index >= 15 is 0 Å². The summed E-state index contributed by atoms with van der Waals surface area (Å²) in [6.45, 7) is 6.29. The van der Waals surface area contributed by atoms with Gasteiger partial charge in [0.15, 0.2) is 0 Å². The van der Waals surface area contributed by atoms with E-state index in [1.807, 2.05) is 26.8 Å². The first-order valence-electron chi connectivity index (χ1n) is 10.7. The highest BCUT2D eigenvalue weighted by atomic mass is 16.6. The zero-order chi connectivity index (χ0) is 25.2. The zero-order valence-corrected chi connectivity index (χ0v) is 20.3. The number of ether oxygens (including phenoxy) is 4. The standard InChI is InChI=1S/C26H27N3O6/c1-17-9-10-18(2)21(13-17)15-33-29-19(3)20-7-6-8-22(14-20)34-26-24(25(32-5)27-16-28-26)35-23(30)11-12-31-4/h6-14,16H,15H2,1-5H3. The van der Waals surface area contributed by atoms with Crippen LogP contribution >= 0.6 is 0 Å². The van der Waals surface area contributed by atoms with Crippen LogP contribution in [0.2, 0.25) is 0 Å². The highest BCUT2D eigenvalue weighted by molar-refractivity contribution is 5.98. The van der Waals surface area contributed by atoms with Crippen molar-refractivity contribution in [2.24, 2.45) is 5.16 Å². The topological polar surface area (TPSA) is 101 Å². The second-order valence-electron chi connectivity index (χ2n) is 7.49. The van der Waals surface area contributed by atoms with Gasteiger partial charge in [0.1, 0.15) is 18.7 Å². The van der Waals surface area contributed by atoms with Crippen LogP contribution in [-0.4, -0.2) is 35.9 Å². The van der Waals surface area contributed by atoms with Crippen LogP contribution in [0.5, 0.6) is 23.3 Å². The van der Waals surface area contributed by atoms with Crippen molar-refractivity contribution in [3.8, 4) is 23.3 Å². The molecule has 9 heteroatoms. The van der Waals surface area contributed by atoms with E-state index in [1.165, 1.54) is 32.4 Å². The Hall–Kier alpha value is -4.40. The summed E-state index contributed by atoms with van der Waals surface area (Å²) in [6.07, 6.45) is 3.54. The Bertz CT molecular complexity index is 1240. The van der Waals surface area contributed by atoms with E-state index in [2.05, 4.69) is 33.3 Å². The van der Waals surface area contributed by atoms with Gasteiger partial charge in [0.05, 0.1) is 32.3 Å². The molecule has 3 rings (SSSR count). The normalized spacial score (nSPS) is 11.3. The number of aromatic nitrogens is 2. The molecule has 35 heavy (non-hydrogen) atoms. The van der Waals surface area contributed by atoms with Crippen molar-refractivity contribution in [3.05, 3.63) is 83.4 Å². The minimum absolute atomic E-state index is 0.00827. The van der Waals surface area contributed by atoms with Crippen LogP contribution in [0, 0.1) is 13.8 Å². The maximum Gasteiger partial charge on any atom is 0.339 e. The third-order valence-corrected chi connectivity index (χ3v) is 4.87. The summed E-state index contributed by atoms with van der Waals surface area (Å²) in [5.74, 6) is -0.273. The summed E-state index contributed by atoms with van der Waals surface area (Å²) in [5.41, 5.74) is 4.84. The molecule has 0 saturated carbocycles. The van der Waals surface area contributed by atoms with Gasteiger partial charge in [-0.3, -0.25) is 0 Å². The van der Waals surface area contributed by atoms with Crippen LogP contribution < -0.4 is 14.2 Å². The quantitative estimate of drug-likeness (QED) is 0.134. The van der Waals surface area contributed by atoms with Gasteiger partial charge < -0.3 is 23.8 Å². The minimum atomic E-state index is -0.706. The number of oxime groups is 1. The SMILES string of the molecule is COC=CC(=O)Oc1c(OC)ncnc1Oc1cccc(C(C)=NOCc2cc(C)ccc2C)c1. The molecule has 0 radical (unpaired) electrons. The maximum atomic E-state index is 12.0. The molecule has 0 amide bonds. The molecule has 0 aliphatic carbocycles. The highest BCUT2D eigenvalue weighted by Crippen LogP contribution is 2.36. The lowest BCUT2D eigenvalue weighted by Gasteiger charge is -2.12. The van der Waals surface area contributed by atoms with Crippen LogP contribution in [0.25, 0.3) is 0 Å². The number of esters is 1. The second-order valence-corrected chi connectivity index (χ2v) is 7.49. The highest BCUT2D eigenvalue weighted by Gasteiger charge is 2.19. The molecular formula is C26H27N3O6. The number of rotatable bonds is 10.